The number of esters is 1. The summed E-state index contributed by atoms with van der Waals surface area (Å²) in [4.78, 5) is 40.2. The van der Waals surface area contributed by atoms with Crippen LogP contribution in [0.4, 0.5) is 0 Å². The Morgan fingerprint density at radius 3 is 2.81 bits per heavy atom. The maximum Gasteiger partial charge on any atom is 0.328 e. The number of nitrogens with one attached hydrogen (secondary N) is 1. The van der Waals surface area contributed by atoms with E-state index in [0.29, 0.717) is 16.7 Å². The molecular formula is C18H17N3O5. The molecule has 1 amide bonds. The number of methoxy groups -OCH3 is 1. The quantitative estimate of drug-likeness (QED) is 0.693. The monoisotopic (exact) mass is 355 g/mol. The van der Waals surface area contributed by atoms with Crippen LogP contribution in [0, 0.1) is 0 Å². The minimum Gasteiger partial charge on any atom is -0.467 e. The first-order valence-corrected chi connectivity index (χ1v) is 7.91. The third-order valence-corrected chi connectivity index (χ3v) is 3.85. The number of benzene rings is 1. The van der Waals surface area contributed by atoms with E-state index in [1.165, 1.54) is 31.0 Å². The minimum absolute atomic E-state index is 0.0394. The van der Waals surface area contributed by atoms with Crippen molar-refractivity contribution in [3.05, 3.63) is 64.6 Å². The standard InChI is InChI=1S/C18H17N3O5/c1-11(18(24)25-2)20-16(22)15-8-7-12(26-15)9-21-10-19-14-6-4-3-5-13(14)17(21)23/h3-8,10-11H,9H2,1-2H3,(H,20,22)/t11-/m0/s1. The number of para-hydroxylation sites is 1. The van der Waals surface area contributed by atoms with Crippen LogP contribution in [0.25, 0.3) is 10.9 Å². The molecule has 0 aliphatic heterocycles. The molecule has 0 aliphatic carbocycles. The molecule has 2 heterocycles. The van der Waals surface area contributed by atoms with Crippen LogP contribution in [0.5, 0.6) is 0 Å². The molecule has 0 fully saturated rings. The number of aromatic nitrogens is 2. The van der Waals surface area contributed by atoms with Gasteiger partial charge in [-0.3, -0.25) is 14.2 Å². The zero-order valence-electron chi connectivity index (χ0n) is 14.3. The first kappa shape index (κ1) is 17.4. The number of furan rings is 1. The summed E-state index contributed by atoms with van der Waals surface area (Å²) in [6.07, 6.45) is 1.44. The van der Waals surface area contributed by atoms with E-state index < -0.39 is 17.9 Å². The van der Waals surface area contributed by atoms with Gasteiger partial charge in [0.25, 0.3) is 11.5 Å². The number of hydrogen-bond acceptors (Lipinski definition) is 6. The number of rotatable bonds is 5. The summed E-state index contributed by atoms with van der Waals surface area (Å²) < 4.78 is 11.4. The molecule has 1 N–H and O–H groups in total. The van der Waals surface area contributed by atoms with E-state index in [2.05, 4.69) is 15.0 Å². The Morgan fingerprint density at radius 2 is 2.04 bits per heavy atom. The van der Waals surface area contributed by atoms with Gasteiger partial charge in [-0.15, -0.1) is 0 Å². The second-order valence-corrected chi connectivity index (χ2v) is 5.68. The van der Waals surface area contributed by atoms with Crippen LogP contribution < -0.4 is 10.9 Å². The molecule has 0 saturated carbocycles. The SMILES string of the molecule is COC(=O)[C@H](C)NC(=O)c1ccc(Cn2cnc3ccccc3c2=O)o1. The van der Waals surface area contributed by atoms with E-state index in [4.69, 9.17) is 4.42 Å². The maximum absolute atomic E-state index is 12.5. The minimum atomic E-state index is -0.798. The van der Waals surface area contributed by atoms with Gasteiger partial charge in [0.1, 0.15) is 11.8 Å². The Kier molecular flexibility index (Phi) is 4.83. The van der Waals surface area contributed by atoms with E-state index in [1.807, 2.05) is 6.07 Å². The molecule has 0 saturated heterocycles. The van der Waals surface area contributed by atoms with Crippen LogP contribution in [0.3, 0.4) is 0 Å². The molecule has 134 valence electrons. The van der Waals surface area contributed by atoms with Crippen molar-refractivity contribution < 1.29 is 18.7 Å². The van der Waals surface area contributed by atoms with Gasteiger partial charge in [-0.1, -0.05) is 12.1 Å². The third-order valence-electron chi connectivity index (χ3n) is 3.85. The third kappa shape index (κ3) is 3.49. The normalized spacial score (nSPS) is 11.9. The van der Waals surface area contributed by atoms with Gasteiger partial charge in [-0.05, 0) is 31.2 Å². The Hall–Kier alpha value is -3.42. The molecule has 8 heteroatoms. The van der Waals surface area contributed by atoms with Crippen LogP contribution in [0.2, 0.25) is 0 Å². The van der Waals surface area contributed by atoms with Crippen molar-refractivity contribution in [1.82, 2.24) is 14.9 Å². The van der Waals surface area contributed by atoms with Crippen molar-refractivity contribution in [3.63, 3.8) is 0 Å². The van der Waals surface area contributed by atoms with Gasteiger partial charge in [0.2, 0.25) is 0 Å². The number of fused-ring (bicyclic) bond motifs is 1. The zero-order chi connectivity index (χ0) is 18.7. The smallest absolute Gasteiger partial charge is 0.328 e. The summed E-state index contributed by atoms with van der Waals surface area (Å²) in [7, 11) is 1.24. The lowest BCUT2D eigenvalue weighted by atomic mass is 10.2. The van der Waals surface area contributed by atoms with E-state index in [0.717, 1.165) is 0 Å². The van der Waals surface area contributed by atoms with Gasteiger partial charge < -0.3 is 14.5 Å². The predicted molar refractivity (Wildman–Crippen MR) is 92.8 cm³/mol. The van der Waals surface area contributed by atoms with Crippen molar-refractivity contribution >= 4 is 22.8 Å². The largest absolute Gasteiger partial charge is 0.467 e. The molecule has 8 nitrogen and oxygen atoms in total. The van der Waals surface area contributed by atoms with Crippen molar-refractivity contribution in [2.45, 2.75) is 19.5 Å². The lowest BCUT2D eigenvalue weighted by Crippen LogP contribution is -2.38. The molecule has 0 bridgehead atoms. The lowest BCUT2D eigenvalue weighted by Gasteiger charge is -2.10. The van der Waals surface area contributed by atoms with Gasteiger partial charge in [0.05, 0.1) is 30.9 Å². The Morgan fingerprint density at radius 1 is 1.27 bits per heavy atom. The molecule has 2 aromatic heterocycles. The van der Waals surface area contributed by atoms with Crippen molar-refractivity contribution in [3.8, 4) is 0 Å². The first-order chi connectivity index (χ1) is 12.5. The Bertz CT molecular complexity index is 1020. The second kappa shape index (κ2) is 7.22. The van der Waals surface area contributed by atoms with Crippen LogP contribution in [0.15, 0.2) is 51.9 Å². The number of carbonyl (C=O) groups excluding carboxylic acids is 2. The summed E-state index contributed by atoms with van der Waals surface area (Å²) >= 11 is 0. The molecule has 1 aromatic carbocycles. The molecule has 1 atom stereocenters. The Labute approximate surface area is 148 Å². The van der Waals surface area contributed by atoms with Gasteiger partial charge in [-0.2, -0.15) is 0 Å². The fourth-order valence-corrected chi connectivity index (χ4v) is 2.48. The average molecular weight is 355 g/mol. The summed E-state index contributed by atoms with van der Waals surface area (Å²) in [5.74, 6) is -0.644. The van der Waals surface area contributed by atoms with Gasteiger partial charge in [0.15, 0.2) is 5.76 Å². The van der Waals surface area contributed by atoms with Crippen molar-refractivity contribution in [2.24, 2.45) is 0 Å². The Balaban J connectivity index is 1.77. The average Bonchev–Trinajstić information content (AvgIpc) is 3.12. The molecular weight excluding hydrogens is 338 g/mol. The summed E-state index contributed by atoms with van der Waals surface area (Å²) in [6, 6.07) is 9.33. The molecule has 0 radical (unpaired) electrons. The second-order valence-electron chi connectivity index (χ2n) is 5.68. The van der Waals surface area contributed by atoms with Crippen LogP contribution >= 0.6 is 0 Å². The van der Waals surface area contributed by atoms with Crippen molar-refractivity contribution in [2.75, 3.05) is 7.11 Å². The molecule has 3 aromatic rings. The molecule has 26 heavy (non-hydrogen) atoms. The number of hydrogen-bond donors (Lipinski definition) is 1. The highest BCUT2D eigenvalue weighted by Crippen LogP contribution is 2.11. The van der Waals surface area contributed by atoms with E-state index in [9.17, 15) is 14.4 Å². The highest BCUT2D eigenvalue weighted by atomic mass is 16.5. The zero-order valence-corrected chi connectivity index (χ0v) is 14.3. The lowest BCUT2D eigenvalue weighted by molar-refractivity contribution is -0.142. The number of nitrogens with zero attached hydrogens (tertiary/aromatic N) is 2. The highest BCUT2D eigenvalue weighted by Gasteiger charge is 2.19. The molecule has 0 spiro atoms. The summed E-state index contributed by atoms with van der Waals surface area (Å²) in [5, 5.41) is 2.98. The van der Waals surface area contributed by atoms with E-state index >= 15 is 0 Å². The summed E-state index contributed by atoms with van der Waals surface area (Å²) in [5.41, 5.74) is 0.419. The highest BCUT2D eigenvalue weighted by molar-refractivity contribution is 5.94. The predicted octanol–water partition coefficient (Wildman–Crippen LogP) is 1.33. The van der Waals surface area contributed by atoms with Crippen molar-refractivity contribution in [1.29, 1.82) is 0 Å². The van der Waals surface area contributed by atoms with Crippen LogP contribution in [-0.2, 0) is 16.1 Å². The van der Waals surface area contributed by atoms with Gasteiger partial charge >= 0.3 is 5.97 Å². The number of ether oxygens (including phenoxy) is 1. The van der Waals surface area contributed by atoms with Crippen LogP contribution in [0.1, 0.15) is 23.2 Å². The van der Waals surface area contributed by atoms with Gasteiger partial charge in [-0.25, -0.2) is 9.78 Å². The molecule has 3 rings (SSSR count). The molecule has 0 unspecified atom stereocenters. The fourth-order valence-electron chi connectivity index (χ4n) is 2.48. The topological polar surface area (TPSA) is 103 Å². The van der Waals surface area contributed by atoms with E-state index in [-0.39, 0.29) is 17.9 Å². The van der Waals surface area contributed by atoms with Crippen LogP contribution in [-0.4, -0.2) is 34.6 Å². The number of carbonyl (C=O) groups is 2. The summed E-state index contributed by atoms with van der Waals surface area (Å²) in [6.45, 7) is 1.64. The molecule has 0 aliphatic rings. The van der Waals surface area contributed by atoms with Gasteiger partial charge in [0, 0.05) is 0 Å². The first-order valence-electron chi connectivity index (χ1n) is 7.91. The van der Waals surface area contributed by atoms with E-state index in [1.54, 1.807) is 24.3 Å². The number of amides is 1. The fraction of sp³-hybridized carbons (Fsp3) is 0.222. The maximum atomic E-state index is 12.5.